The van der Waals surface area contributed by atoms with Crippen LogP contribution in [0.4, 0.5) is 14.5 Å². The number of sulfonamides is 1. The van der Waals surface area contributed by atoms with E-state index in [2.05, 4.69) is 15.0 Å². The predicted octanol–water partition coefficient (Wildman–Crippen LogP) is 5.29. The van der Waals surface area contributed by atoms with Gasteiger partial charge in [0.1, 0.15) is 22.8 Å². The largest absolute Gasteiger partial charge is 0.454 e. The molecule has 2 aromatic carbocycles. The minimum atomic E-state index is -3.64. The summed E-state index contributed by atoms with van der Waals surface area (Å²) in [4.78, 5) is 28.8. The Labute approximate surface area is 235 Å². The molecule has 41 heavy (non-hydrogen) atoms. The first-order valence-corrected chi connectivity index (χ1v) is 15.0. The lowest BCUT2D eigenvalue weighted by molar-refractivity contribution is 0.0942. The highest BCUT2D eigenvalue weighted by Crippen LogP contribution is 2.40. The smallest absolute Gasteiger partial charge is 0.273 e. The first-order chi connectivity index (χ1) is 19.5. The van der Waals surface area contributed by atoms with E-state index in [-0.39, 0.29) is 34.1 Å². The van der Waals surface area contributed by atoms with E-state index in [4.69, 9.17) is 4.74 Å². The minimum absolute atomic E-state index is 0.0721. The third-order valence-electron chi connectivity index (χ3n) is 7.28. The van der Waals surface area contributed by atoms with Gasteiger partial charge in [0.25, 0.3) is 11.5 Å². The van der Waals surface area contributed by atoms with Gasteiger partial charge >= 0.3 is 0 Å². The van der Waals surface area contributed by atoms with Crippen LogP contribution in [-0.2, 0) is 17.1 Å². The van der Waals surface area contributed by atoms with Gasteiger partial charge in [0.2, 0.25) is 10.0 Å². The van der Waals surface area contributed by atoms with Crippen LogP contribution in [0.2, 0.25) is 0 Å². The summed E-state index contributed by atoms with van der Waals surface area (Å²) in [6.07, 6.45) is 6.01. The van der Waals surface area contributed by atoms with E-state index in [1.165, 1.54) is 25.1 Å². The monoisotopic (exact) mass is 584 g/mol. The molecule has 1 aliphatic rings. The molecule has 0 atom stereocenters. The molecule has 1 fully saturated rings. The number of H-pyrrole nitrogens is 1. The number of benzene rings is 2. The fourth-order valence-corrected chi connectivity index (χ4v) is 5.77. The Morgan fingerprint density at radius 3 is 2.51 bits per heavy atom. The van der Waals surface area contributed by atoms with Crippen molar-refractivity contribution < 1.29 is 26.7 Å². The second kappa shape index (κ2) is 11.4. The Kier molecular flexibility index (Phi) is 7.85. The molecule has 9 nitrogen and oxygen atoms in total. The Hall–Kier alpha value is -4.19. The van der Waals surface area contributed by atoms with E-state index in [9.17, 15) is 26.8 Å². The van der Waals surface area contributed by atoms with Crippen molar-refractivity contribution in [2.24, 2.45) is 13.0 Å². The molecule has 5 rings (SSSR count). The number of halogens is 2. The highest BCUT2D eigenvalue weighted by Gasteiger charge is 2.22. The third kappa shape index (κ3) is 6.12. The van der Waals surface area contributed by atoms with Gasteiger partial charge in [-0.2, -0.15) is 0 Å². The van der Waals surface area contributed by atoms with Crippen LogP contribution in [0.1, 0.15) is 43.1 Å². The fraction of sp³-hybridized carbons (Fsp3) is 0.310. The molecule has 0 spiro atoms. The molecule has 0 bridgehead atoms. The summed E-state index contributed by atoms with van der Waals surface area (Å²) < 4.78 is 62.5. The zero-order chi connectivity index (χ0) is 29.3. The lowest BCUT2D eigenvalue weighted by atomic mass is 10.0. The van der Waals surface area contributed by atoms with Gasteiger partial charge in [-0.15, -0.1) is 0 Å². The standard InChI is InChI=1S/C29H30F2N4O5S/c1-3-41(38,39)34-19-9-11-25(40-26-10-8-18(30)12-23(26)31)20(13-19)22-16-35(2)27-21(22)14-24(33-29(27)37)28(36)32-15-17-6-4-5-7-17/h8-14,16-17,34H,3-7,15H2,1-2H3,(H,32,36)(H,33,37). The number of aromatic nitrogens is 2. The molecular weight excluding hydrogens is 554 g/mol. The van der Waals surface area contributed by atoms with Crippen LogP contribution in [0.5, 0.6) is 11.5 Å². The van der Waals surface area contributed by atoms with E-state index in [0.717, 1.165) is 37.8 Å². The van der Waals surface area contributed by atoms with Crippen molar-refractivity contribution in [2.75, 3.05) is 17.0 Å². The predicted molar refractivity (Wildman–Crippen MR) is 153 cm³/mol. The summed E-state index contributed by atoms with van der Waals surface area (Å²) in [5.41, 5.74) is 0.822. The quantitative estimate of drug-likeness (QED) is 0.247. The summed E-state index contributed by atoms with van der Waals surface area (Å²) in [5, 5.41) is 3.31. The fourth-order valence-electron chi connectivity index (χ4n) is 5.14. The lowest BCUT2D eigenvalue weighted by Crippen LogP contribution is -2.30. The van der Waals surface area contributed by atoms with Gasteiger partial charge in [-0.05, 0) is 62.1 Å². The third-order valence-corrected chi connectivity index (χ3v) is 8.59. The van der Waals surface area contributed by atoms with Crippen LogP contribution in [0.15, 0.2) is 53.5 Å². The van der Waals surface area contributed by atoms with Crippen molar-refractivity contribution in [3.63, 3.8) is 0 Å². The second-order valence-electron chi connectivity index (χ2n) is 10.2. The maximum absolute atomic E-state index is 14.5. The summed E-state index contributed by atoms with van der Waals surface area (Å²) in [7, 11) is -1.98. The van der Waals surface area contributed by atoms with E-state index in [1.807, 2.05) is 0 Å². The number of amides is 1. The number of ether oxygens (including phenoxy) is 1. The van der Waals surface area contributed by atoms with Gasteiger partial charge in [0.15, 0.2) is 11.6 Å². The molecule has 0 radical (unpaired) electrons. The minimum Gasteiger partial charge on any atom is -0.454 e. The van der Waals surface area contributed by atoms with Crippen molar-refractivity contribution in [3.05, 3.63) is 76.3 Å². The molecule has 1 aliphatic carbocycles. The number of nitrogens with one attached hydrogen (secondary N) is 3. The van der Waals surface area contributed by atoms with Crippen LogP contribution < -0.4 is 20.3 Å². The van der Waals surface area contributed by atoms with Gasteiger partial charge in [-0.3, -0.25) is 14.3 Å². The van der Waals surface area contributed by atoms with Gasteiger partial charge in [-0.1, -0.05) is 12.8 Å². The zero-order valence-electron chi connectivity index (χ0n) is 22.6. The van der Waals surface area contributed by atoms with Crippen molar-refractivity contribution in [2.45, 2.75) is 32.6 Å². The topological polar surface area (TPSA) is 122 Å². The number of carbonyl (C=O) groups is 1. The Bertz CT molecular complexity index is 1790. The van der Waals surface area contributed by atoms with Crippen LogP contribution >= 0.6 is 0 Å². The number of hydrogen-bond acceptors (Lipinski definition) is 5. The first kappa shape index (κ1) is 28.3. The lowest BCUT2D eigenvalue weighted by Gasteiger charge is -2.15. The molecule has 12 heteroatoms. The molecule has 3 N–H and O–H groups in total. The van der Waals surface area contributed by atoms with E-state index in [0.29, 0.717) is 35.0 Å². The first-order valence-electron chi connectivity index (χ1n) is 13.3. The zero-order valence-corrected chi connectivity index (χ0v) is 23.4. The molecule has 0 aliphatic heterocycles. The van der Waals surface area contributed by atoms with Crippen molar-refractivity contribution in [3.8, 4) is 22.6 Å². The average Bonchev–Trinajstić information content (AvgIpc) is 3.57. The Balaban J connectivity index is 1.61. The van der Waals surface area contributed by atoms with Crippen molar-refractivity contribution in [1.29, 1.82) is 0 Å². The van der Waals surface area contributed by atoms with Crippen LogP contribution in [0, 0.1) is 17.6 Å². The van der Waals surface area contributed by atoms with E-state index < -0.39 is 33.1 Å². The summed E-state index contributed by atoms with van der Waals surface area (Å²) in [5.74, 6) is -2.00. The Morgan fingerprint density at radius 1 is 1.07 bits per heavy atom. The maximum atomic E-state index is 14.5. The summed E-state index contributed by atoms with van der Waals surface area (Å²) in [6.45, 7) is 2.01. The molecule has 1 saturated carbocycles. The number of fused-ring (bicyclic) bond motifs is 1. The number of carbonyl (C=O) groups excluding carboxylic acids is 1. The van der Waals surface area contributed by atoms with E-state index in [1.54, 1.807) is 23.9 Å². The van der Waals surface area contributed by atoms with Crippen LogP contribution in [-0.4, -0.2) is 36.2 Å². The normalized spacial score (nSPS) is 14.0. The number of nitrogens with zero attached hydrogens (tertiary/aromatic N) is 1. The molecule has 0 saturated heterocycles. The molecule has 0 unspecified atom stereocenters. The highest BCUT2D eigenvalue weighted by molar-refractivity contribution is 7.92. The SMILES string of the molecule is CCS(=O)(=O)Nc1ccc(Oc2ccc(F)cc2F)c(-c2cn(C)c3c(=O)[nH]c(C(=O)NCC4CCCC4)cc23)c1. The number of rotatable bonds is 9. The summed E-state index contributed by atoms with van der Waals surface area (Å²) >= 11 is 0. The highest BCUT2D eigenvalue weighted by atomic mass is 32.2. The number of aromatic amines is 1. The molecule has 1 amide bonds. The molecule has 216 valence electrons. The number of hydrogen-bond donors (Lipinski definition) is 3. The van der Waals surface area contributed by atoms with Crippen LogP contribution in [0.3, 0.4) is 0 Å². The Morgan fingerprint density at radius 2 is 1.80 bits per heavy atom. The van der Waals surface area contributed by atoms with Gasteiger partial charge < -0.3 is 19.6 Å². The average molecular weight is 585 g/mol. The number of pyridine rings is 1. The van der Waals surface area contributed by atoms with Gasteiger partial charge in [-0.25, -0.2) is 17.2 Å². The molecule has 2 heterocycles. The van der Waals surface area contributed by atoms with Gasteiger partial charge in [0.05, 0.1) is 5.75 Å². The maximum Gasteiger partial charge on any atom is 0.273 e. The van der Waals surface area contributed by atoms with E-state index >= 15 is 0 Å². The van der Waals surface area contributed by atoms with Crippen LogP contribution in [0.25, 0.3) is 22.0 Å². The number of aryl methyl sites for hydroxylation is 1. The molecule has 4 aromatic rings. The van der Waals surface area contributed by atoms with Crippen molar-refractivity contribution in [1.82, 2.24) is 14.9 Å². The van der Waals surface area contributed by atoms with Gasteiger partial charge in [0, 0.05) is 48.1 Å². The summed E-state index contributed by atoms with van der Waals surface area (Å²) in [6, 6.07) is 8.84. The number of anilines is 1. The molecule has 2 aromatic heterocycles. The second-order valence-corrected chi connectivity index (χ2v) is 12.2. The van der Waals surface area contributed by atoms with Crippen molar-refractivity contribution >= 4 is 32.5 Å². The molecular formula is C29H30F2N4O5S.